The molecule has 0 bridgehead atoms. The van der Waals surface area contributed by atoms with Crippen molar-refractivity contribution >= 4 is 15.9 Å². The van der Waals surface area contributed by atoms with Crippen molar-refractivity contribution in [1.82, 2.24) is 14.1 Å². The molecule has 1 saturated heterocycles. The lowest BCUT2D eigenvalue weighted by atomic mass is 9.96. The molecule has 0 atom stereocenters. The lowest BCUT2D eigenvalue weighted by molar-refractivity contribution is 0.0782. The number of likely N-dealkylation sites (tertiary alicyclic amines) is 1. The molecule has 156 valence electrons. The van der Waals surface area contributed by atoms with E-state index in [0.29, 0.717) is 12.1 Å². The van der Waals surface area contributed by atoms with Gasteiger partial charge in [0, 0.05) is 38.8 Å². The molecule has 1 aromatic carbocycles. The van der Waals surface area contributed by atoms with Crippen molar-refractivity contribution in [1.29, 1.82) is 0 Å². The van der Waals surface area contributed by atoms with E-state index in [-0.39, 0.29) is 16.8 Å². The van der Waals surface area contributed by atoms with Gasteiger partial charge in [0.05, 0.1) is 4.90 Å². The van der Waals surface area contributed by atoms with Crippen LogP contribution in [0.1, 0.15) is 55.3 Å². The van der Waals surface area contributed by atoms with Crippen LogP contribution in [-0.2, 0) is 10.0 Å². The minimum Gasteiger partial charge on any atom is -0.340 e. The van der Waals surface area contributed by atoms with Gasteiger partial charge in [0.25, 0.3) is 5.91 Å². The Kier molecular flexibility index (Phi) is 7.12. The fourth-order valence-corrected chi connectivity index (χ4v) is 5.61. The molecule has 0 radical (unpaired) electrons. The molecule has 1 aliphatic carbocycles. The number of hydrogen-bond donors (Lipinski definition) is 0. The maximum atomic E-state index is 12.9. The van der Waals surface area contributed by atoms with Gasteiger partial charge in [0.1, 0.15) is 0 Å². The summed E-state index contributed by atoms with van der Waals surface area (Å²) in [4.78, 5) is 17.0. The monoisotopic (exact) mass is 407 g/mol. The average molecular weight is 408 g/mol. The van der Waals surface area contributed by atoms with E-state index in [1.807, 2.05) is 0 Å². The number of rotatable bonds is 7. The largest absolute Gasteiger partial charge is 0.340 e. The zero-order chi connectivity index (χ0) is 20.1. The Bertz CT molecular complexity index is 752. The van der Waals surface area contributed by atoms with Crippen LogP contribution in [0.2, 0.25) is 0 Å². The number of sulfonamides is 1. The number of amides is 1. The van der Waals surface area contributed by atoms with Crippen LogP contribution in [0, 0.1) is 0 Å². The van der Waals surface area contributed by atoms with Crippen molar-refractivity contribution in [2.45, 2.75) is 55.9 Å². The van der Waals surface area contributed by atoms with Gasteiger partial charge < -0.3 is 9.80 Å². The third-order valence-electron chi connectivity index (χ3n) is 6.16. The first-order chi connectivity index (χ1) is 13.4. The lowest BCUT2D eigenvalue weighted by Crippen LogP contribution is -2.38. The molecule has 1 heterocycles. The molecular formula is C21H33N3O3S. The van der Waals surface area contributed by atoms with Crippen LogP contribution >= 0.6 is 0 Å². The normalized spacial score (nSPS) is 19.2. The number of benzene rings is 1. The Morgan fingerprint density at radius 3 is 2.21 bits per heavy atom. The second-order valence-electron chi connectivity index (χ2n) is 8.11. The number of nitrogens with zero attached hydrogens (tertiary/aromatic N) is 3. The molecule has 2 fully saturated rings. The summed E-state index contributed by atoms with van der Waals surface area (Å²) in [6.45, 7) is 3.80. The van der Waals surface area contributed by atoms with Crippen LogP contribution in [0.5, 0.6) is 0 Å². The first-order valence-electron chi connectivity index (χ1n) is 10.5. The molecule has 3 rings (SSSR count). The van der Waals surface area contributed by atoms with E-state index in [0.717, 1.165) is 45.3 Å². The highest BCUT2D eigenvalue weighted by atomic mass is 32.2. The van der Waals surface area contributed by atoms with Crippen LogP contribution < -0.4 is 0 Å². The fraction of sp³-hybridized carbons (Fsp3) is 0.667. The highest BCUT2D eigenvalue weighted by Gasteiger charge is 2.29. The van der Waals surface area contributed by atoms with Crippen molar-refractivity contribution in [3.63, 3.8) is 0 Å². The summed E-state index contributed by atoms with van der Waals surface area (Å²) in [6.07, 6.45) is 7.68. The Morgan fingerprint density at radius 2 is 1.61 bits per heavy atom. The van der Waals surface area contributed by atoms with E-state index in [2.05, 4.69) is 4.90 Å². The summed E-state index contributed by atoms with van der Waals surface area (Å²) in [7, 11) is -0.0383. The molecule has 6 nitrogen and oxygen atoms in total. The van der Waals surface area contributed by atoms with Crippen molar-refractivity contribution in [2.24, 2.45) is 0 Å². The van der Waals surface area contributed by atoms with Gasteiger partial charge >= 0.3 is 0 Å². The Morgan fingerprint density at radius 1 is 1.00 bits per heavy atom. The minimum atomic E-state index is -3.52. The fourth-order valence-electron chi connectivity index (χ4n) is 4.20. The second-order valence-corrected chi connectivity index (χ2v) is 10.1. The first kappa shape index (κ1) is 21.3. The molecule has 28 heavy (non-hydrogen) atoms. The summed E-state index contributed by atoms with van der Waals surface area (Å²) in [5.41, 5.74) is 0.531. The van der Waals surface area contributed by atoms with Crippen LogP contribution in [0.4, 0.5) is 0 Å². The molecule has 0 spiro atoms. The SMILES string of the molecule is CN(CCN1CCCC1)C(=O)c1ccc(S(=O)(=O)N(C)C2CCCCC2)cc1. The summed E-state index contributed by atoms with van der Waals surface area (Å²) >= 11 is 0. The van der Waals surface area contributed by atoms with Gasteiger partial charge in [-0.05, 0) is 63.0 Å². The highest BCUT2D eigenvalue weighted by Crippen LogP contribution is 2.26. The molecule has 0 unspecified atom stereocenters. The third kappa shape index (κ3) is 4.93. The van der Waals surface area contributed by atoms with Gasteiger partial charge in [0.2, 0.25) is 10.0 Å². The zero-order valence-electron chi connectivity index (χ0n) is 17.1. The number of likely N-dealkylation sites (N-methyl/N-ethyl adjacent to an activating group) is 1. The molecular weight excluding hydrogens is 374 g/mol. The molecule has 1 aliphatic heterocycles. The van der Waals surface area contributed by atoms with Gasteiger partial charge in [-0.2, -0.15) is 4.31 Å². The molecule has 0 N–H and O–H groups in total. The quantitative estimate of drug-likeness (QED) is 0.697. The molecule has 1 amide bonds. The summed E-state index contributed by atoms with van der Waals surface area (Å²) in [6, 6.07) is 6.48. The second kappa shape index (κ2) is 9.37. The molecule has 2 aliphatic rings. The van der Waals surface area contributed by atoms with E-state index >= 15 is 0 Å². The average Bonchev–Trinajstić information content (AvgIpc) is 3.25. The van der Waals surface area contributed by atoms with E-state index in [1.165, 1.54) is 23.6 Å². The van der Waals surface area contributed by atoms with E-state index in [9.17, 15) is 13.2 Å². The van der Waals surface area contributed by atoms with Crippen molar-refractivity contribution < 1.29 is 13.2 Å². The molecule has 7 heteroatoms. The Labute approximate surface area is 169 Å². The van der Waals surface area contributed by atoms with Gasteiger partial charge in [-0.25, -0.2) is 8.42 Å². The Balaban J connectivity index is 1.62. The number of carbonyl (C=O) groups is 1. The summed E-state index contributed by atoms with van der Waals surface area (Å²) < 4.78 is 27.4. The predicted molar refractivity (Wildman–Crippen MR) is 111 cm³/mol. The number of hydrogen-bond acceptors (Lipinski definition) is 4. The van der Waals surface area contributed by atoms with Gasteiger partial charge in [-0.3, -0.25) is 4.79 Å². The van der Waals surface area contributed by atoms with Gasteiger partial charge in [-0.1, -0.05) is 19.3 Å². The van der Waals surface area contributed by atoms with E-state index in [4.69, 9.17) is 0 Å². The van der Waals surface area contributed by atoms with Crippen LogP contribution in [0.25, 0.3) is 0 Å². The van der Waals surface area contributed by atoms with E-state index < -0.39 is 10.0 Å². The zero-order valence-corrected chi connectivity index (χ0v) is 18.0. The smallest absolute Gasteiger partial charge is 0.253 e. The molecule has 1 aromatic rings. The van der Waals surface area contributed by atoms with Crippen LogP contribution in [-0.4, -0.2) is 74.7 Å². The predicted octanol–water partition coefficient (Wildman–Crippen LogP) is 2.81. The van der Waals surface area contributed by atoms with E-state index in [1.54, 1.807) is 43.3 Å². The number of carbonyl (C=O) groups excluding carboxylic acids is 1. The summed E-state index contributed by atoms with van der Waals surface area (Å²) in [5.74, 6) is -0.0659. The van der Waals surface area contributed by atoms with Crippen molar-refractivity contribution in [3.05, 3.63) is 29.8 Å². The topological polar surface area (TPSA) is 60.9 Å². The lowest BCUT2D eigenvalue weighted by Gasteiger charge is -2.30. The van der Waals surface area contributed by atoms with Crippen molar-refractivity contribution in [2.75, 3.05) is 40.3 Å². The van der Waals surface area contributed by atoms with Gasteiger partial charge in [0.15, 0.2) is 0 Å². The Hall–Kier alpha value is -1.44. The maximum absolute atomic E-state index is 12.9. The molecule has 0 aromatic heterocycles. The molecule has 1 saturated carbocycles. The summed E-state index contributed by atoms with van der Waals surface area (Å²) in [5, 5.41) is 0. The maximum Gasteiger partial charge on any atom is 0.253 e. The first-order valence-corrected chi connectivity index (χ1v) is 11.9. The minimum absolute atomic E-state index is 0.0659. The van der Waals surface area contributed by atoms with Crippen LogP contribution in [0.15, 0.2) is 29.2 Å². The standard InChI is InChI=1S/C21H33N3O3S/c1-22(16-17-24-14-6-7-15-24)21(25)18-10-12-20(13-11-18)28(26,27)23(2)19-8-4-3-5-9-19/h10-13,19H,3-9,14-17H2,1-2H3. The van der Waals surface area contributed by atoms with Gasteiger partial charge in [-0.15, -0.1) is 0 Å². The third-order valence-corrected chi connectivity index (χ3v) is 8.09. The van der Waals surface area contributed by atoms with Crippen LogP contribution in [0.3, 0.4) is 0 Å². The van der Waals surface area contributed by atoms with Crippen molar-refractivity contribution in [3.8, 4) is 0 Å². The highest BCUT2D eigenvalue weighted by molar-refractivity contribution is 7.89.